The van der Waals surface area contributed by atoms with E-state index in [1.807, 2.05) is 6.92 Å². The van der Waals surface area contributed by atoms with Crippen molar-refractivity contribution < 1.29 is 19.0 Å². The zero-order chi connectivity index (χ0) is 20.9. The topological polar surface area (TPSA) is 60.0 Å². The van der Waals surface area contributed by atoms with Crippen molar-refractivity contribution in [3.63, 3.8) is 0 Å². The van der Waals surface area contributed by atoms with Crippen LogP contribution in [0.25, 0.3) is 0 Å². The molecule has 1 N–H and O–H groups in total. The van der Waals surface area contributed by atoms with Crippen molar-refractivity contribution in [2.24, 2.45) is 0 Å². The Morgan fingerprint density at radius 2 is 1.96 bits per heavy atom. The van der Waals surface area contributed by atoms with Crippen molar-refractivity contribution in [1.29, 1.82) is 0 Å². The van der Waals surface area contributed by atoms with E-state index >= 15 is 0 Å². The zero-order valence-electron chi connectivity index (χ0n) is 17.8. The van der Waals surface area contributed by atoms with Crippen molar-refractivity contribution in [3.8, 4) is 11.5 Å². The second-order valence-corrected chi connectivity index (χ2v) is 8.40. The van der Waals surface area contributed by atoms with Crippen LogP contribution in [-0.2, 0) is 4.74 Å². The van der Waals surface area contributed by atoms with Gasteiger partial charge in [-0.1, -0.05) is 18.5 Å². The average molecular weight is 413 g/mol. The van der Waals surface area contributed by atoms with Gasteiger partial charge in [-0.2, -0.15) is 0 Å². The molecule has 158 valence electrons. The van der Waals surface area contributed by atoms with Gasteiger partial charge in [0.1, 0.15) is 0 Å². The van der Waals surface area contributed by atoms with E-state index in [-0.39, 0.29) is 23.7 Å². The van der Waals surface area contributed by atoms with Gasteiger partial charge in [0, 0.05) is 30.7 Å². The van der Waals surface area contributed by atoms with Crippen LogP contribution in [0.5, 0.6) is 11.5 Å². The lowest BCUT2D eigenvalue weighted by molar-refractivity contribution is -0.0948. The zero-order valence-corrected chi connectivity index (χ0v) is 18.6. The van der Waals surface area contributed by atoms with E-state index in [0.717, 1.165) is 19.5 Å². The third-order valence-electron chi connectivity index (χ3n) is 4.90. The van der Waals surface area contributed by atoms with Crippen molar-refractivity contribution in [2.75, 3.05) is 33.4 Å². The summed E-state index contributed by atoms with van der Waals surface area (Å²) in [5.41, 5.74) is 0.255. The minimum Gasteiger partial charge on any atom is -0.493 e. The molecule has 1 amide bonds. The van der Waals surface area contributed by atoms with Crippen LogP contribution in [0.1, 0.15) is 51.4 Å². The van der Waals surface area contributed by atoms with Gasteiger partial charge < -0.3 is 19.5 Å². The lowest BCUT2D eigenvalue weighted by Gasteiger charge is -2.45. The maximum Gasteiger partial charge on any atom is 0.251 e. The Bertz CT molecular complexity index is 671. The van der Waals surface area contributed by atoms with Crippen LogP contribution in [0.4, 0.5) is 0 Å². The fourth-order valence-corrected chi connectivity index (χ4v) is 3.64. The van der Waals surface area contributed by atoms with Crippen LogP contribution >= 0.6 is 11.6 Å². The molecular formula is C21H33ClN2O4. The van der Waals surface area contributed by atoms with Gasteiger partial charge in [0.2, 0.25) is 0 Å². The first kappa shape index (κ1) is 22.8. The molecule has 1 aromatic rings. The molecule has 1 aliphatic heterocycles. The number of methoxy groups -OCH3 is 1. The summed E-state index contributed by atoms with van der Waals surface area (Å²) in [6, 6.07) is 3.29. The maximum absolute atomic E-state index is 12.7. The molecule has 2 unspecified atom stereocenters. The van der Waals surface area contributed by atoms with Gasteiger partial charge in [-0.3, -0.25) is 9.69 Å². The summed E-state index contributed by atoms with van der Waals surface area (Å²) in [4.78, 5) is 15.1. The normalized spacial score (nSPS) is 20.7. The van der Waals surface area contributed by atoms with Gasteiger partial charge in [-0.05, 0) is 46.2 Å². The Kier molecular flexibility index (Phi) is 7.98. The number of amides is 1. The molecule has 0 bridgehead atoms. The molecule has 2 rings (SSSR count). The Balaban J connectivity index is 2.06. The highest BCUT2D eigenvalue weighted by atomic mass is 35.5. The third-order valence-corrected chi connectivity index (χ3v) is 5.18. The predicted molar refractivity (Wildman–Crippen MR) is 112 cm³/mol. The van der Waals surface area contributed by atoms with Gasteiger partial charge in [-0.15, -0.1) is 0 Å². The molecule has 0 radical (unpaired) electrons. The molecular weight excluding hydrogens is 380 g/mol. The number of halogens is 1. The average Bonchev–Trinajstić information content (AvgIpc) is 2.63. The van der Waals surface area contributed by atoms with Crippen molar-refractivity contribution in [2.45, 2.75) is 58.8 Å². The van der Waals surface area contributed by atoms with Crippen molar-refractivity contribution >= 4 is 17.5 Å². The summed E-state index contributed by atoms with van der Waals surface area (Å²) in [6.45, 7) is 13.2. The van der Waals surface area contributed by atoms with Gasteiger partial charge in [-0.25, -0.2) is 0 Å². The Labute approximate surface area is 173 Å². The lowest BCUT2D eigenvalue weighted by atomic mass is 10.00. The first-order chi connectivity index (χ1) is 13.2. The smallest absolute Gasteiger partial charge is 0.251 e. The molecule has 28 heavy (non-hydrogen) atoms. The molecule has 1 aromatic carbocycles. The first-order valence-electron chi connectivity index (χ1n) is 9.87. The Morgan fingerprint density at radius 1 is 1.32 bits per heavy atom. The van der Waals surface area contributed by atoms with Crippen molar-refractivity contribution in [1.82, 2.24) is 10.2 Å². The number of nitrogens with one attached hydrogen (secondary N) is 1. The molecule has 0 aromatic heterocycles. The summed E-state index contributed by atoms with van der Waals surface area (Å²) >= 11 is 6.33. The molecule has 0 aliphatic carbocycles. The van der Waals surface area contributed by atoms with Crippen LogP contribution < -0.4 is 14.8 Å². The molecule has 0 saturated carbocycles. The molecule has 1 fully saturated rings. The van der Waals surface area contributed by atoms with E-state index in [1.54, 1.807) is 12.1 Å². The molecule has 6 nitrogen and oxygen atoms in total. The fourth-order valence-electron chi connectivity index (χ4n) is 3.38. The highest BCUT2D eigenvalue weighted by Gasteiger charge is 2.33. The fraction of sp³-hybridized carbons (Fsp3) is 0.667. The minimum atomic E-state index is -0.194. The van der Waals surface area contributed by atoms with Crippen LogP contribution in [-0.4, -0.2) is 61.9 Å². The highest BCUT2D eigenvalue weighted by molar-refractivity contribution is 6.32. The second kappa shape index (κ2) is 9.81. The van der Waals surface area contributed by atoms with E-state index in [0.29, 0.717) is 35.2 Å². The number of nitrogens with zero attached hydrogens (tertiary/aromatic N) is 1. The summed E-state index contributed by atoms with van der Waals surface area (Å²) < 4.78 is 16.8. The van der Waals surface area contributed by atoms with Crippen molar-refractivity contribution in [3.05, 3.63) is 22.7 Å². The number of benzene rings is 1. The first-order valence-corrected chi connectivity index (χ1v) is 10.2. The molecule has 1 saturated heterocycles. The number of hydrogen-bond donors (Lipinski definition) is 1. The van der Waals surface area contributed by atoms with Gasteiger partial charge >= 0.3 is 0 Å². The van der Waals surface area contributed by atoms with Crippen LogP contribution in [0.3, 0.4) is 0 Å². The highest BCUT2D eigenvalue weighted by Crippen LogP contribution is 2.36. The number of morpholine rings is 1. The predicted octanol–water partition coefficient (Wildman–Crippen LogP) is 3.76. The number of carbonyl (C=O) groups is 1. The molecule has 7 heteroatoms. The number of carbonyl (C=O) groups excluding carboxylic acids is 1. The standard InChI is InChI=1S/C21H33ClN2O4/c1-7-8-27-19-17(22)9-16(10-18(19)26-6)20(25)23-13-21(4,5)24-11-14(2)28-15(3)12-24/h9-10,14-15H,7-8,11-13H2,1-6H3,(H,23,25). The van der Waals surface area contributed by atoms with Gasteiger partial charge in [0.25, 0.3) is 5.91 Å². The number of hydrogen-bond acceptors (Lipinski definition) is 5. The SMILES string of the molecule is CCCOc1c(Cl)cc(C(=O)NCC(C)(C)N2CC(C)OC(C)C2)cc1OC. The van der Waals surface area contributed by atoms with Gasteiger partial charge in [0.05, 0.1) is 30.9 Å². The Morgan fingerprint density at radius 3 is 2.54 bits per heavy atom. The molecule has 1 aliphatic rings. The van der Waals surface area contributed by atoms with Crippen LogP contribution in [0.2, 0.25) is 5.02 Å². The monoisotopic (exact) mass is 412 g/mol. The van der Waals surface area contributed by atoms with E-state index < -0.39 is 0 Å². The Hall–Kier alpha value is -1.50. The summed E-state index contributed by atoms with van der Waals surface area (Å²) in [6.07, 6.45) is 1.21. The molecule has 0 spiro atoms. The van der Waals surface area contributed by atoms with E-state index in [4.69, 9.17) is 25.8 Å². The quantitative estimate of drug-likeness (QED) is 0.704. The minimum absolute atomic E-state index is 0.178. The van der Waals surface area contributed by atoms with E-state index in [2.05, 4.69) is 37.9 Å². The lowest BCUT2D eigenvalue weighted by Crippen LogP contribution is -2.58. The molecule has 1 heterocycles. The maximum atomic E-state index is 12.7. The van der Waals surface area contributed by atoms with Gasteiger partial charge in [0.15, 0.2) is 11.5 Å². The van der Waals surface area contributed by atoms with Crippen LogP contribution in [0.15, 0.2) is 12.1 Å². The summed E-state index contributed by atoms with van der Waals surface area (Å²) in [7, 11) is 1.54. The third kappa shape index (κ3) is 5.75. The largest absolute Gasteiger partial charge is 0.493 e. The number of rotatable bonds is 8. The molecule has 2 atom stereocenters. The van der Waals surface area contributed by atoms with Crippen LogP contribution in [0, 0.1) is 0 Å². The van der Waals surface area contributed by atoms with E-state index in [9.17, 15) is 4.79 Å². The summed E-state index contributed by atoms with van der Waals surface area (Å²) in [5, 5.41) is 3.40. The summed E-state index contributed by atoms with van der Waals surface area (Å²) in [5.74, 6) is 0.741. The second-order valence-electron chi connectivity index (χ2n) is 8.00. The van der Waals surface area contributed by atoms with E-state index in [1.165, 1.54) is 7.11 Å². The number of ether oxygens (including phenoxy) is 3.